The summed E-state index contributed by atoms with van der Waals surface area (Å²) >= 11 is 0. The van der Waals surface area contributed by atoms with E-state index in [9.17, 15) is 25.3 Å². The Morgan fingerprint density at radius 2 is 0.795 bits per heavy atom. The van der Waals surface area contributed by atoms with Crippen LogP contribution in [0.15, 0.2) is 176 Å². The van der Waals surface area contributed by atoms with Crippen LogP contribution in [0.25, 0.3) is 0 Å². The summed E-state index contributed by atoms with van der Waals surface area (Å²) in [6.45, 7) is 26.5. The van der Waals surface area contributed by atoms with Crippen LogP contribution in [0.4, 0.5) is 17.5 Å². The van der Waals surface area contributed by atoms with Crippen LogP contribution in [0.5, 0.6) is 17.2 Å². The second kappa shape index (κ2) is 33.7. The van der Waals surface area contributed by atoms with E-state index in [-0.39, 0.29) is 52.3 Å². The summed E-state index contributed by atoms with van der Waals surface area (Å²) in [6.07, 6.45) is 4.01. The monoisotopic (exact) mass is 1190 g/mol. The predicted octanol–water partition coefficient (Wildman–Crippen LogP) is 9.23. The van der Waals surface area contributed by atoms with E-state index in [1.807, 2.05) is 54.6 Å². The molecule has 7 rings (SSSR count). The molecule has 4 aromatic carbocycles. The fraction of sp³-hybridized carbons (Fsp3) is 0.361. The van der Waals surface area contributed by atoms with Gasteiger partial charge in [-0.3, -0.25) is 0 Å². The van der Waals surface area contributed by atoms with Gasteiger partial charge in [-0.15, -0.1) is 0 Å². The van der Waals surface area contributed by atoms with Crippen LogP contribution < -0.4 is 36.0 Å². The maximum Gasteiger partial charge on any atom is 0.363 e. The molecule has 0 spiro atoms. The maximum atomic E-state index is 10.7. The molecule has 0 aliphatic carbocycles. The van der Waals surface area contributed by atoms with Gasteiger partial charge in [0.1, 0.15) is 24.8 Å². The number of hydrogen-bond acceptors (Lipinski definition) is 17. The molecule has 0 aliphatic heterocycles. The molecule has 7 aromatic rings. The van der Waals surface area contributed by atoms with Crippen molar-refractivity contribution in [3.63, 3.8) is 0 Å². The van der Waals surface area contributed by atoms with E-state index in [0.717, 1.165) is 18.0 Å². The molecular formula is C61H84N6O13Si3. The van der Waals surface area contributed by atoms with Crippen LogP contribution in [-0.4, -0.2) is 123 Å². The molecule has 0 atom stereocenters. The minimum absolute atomic E-state index is 0.0229. The zero-order valence-corrected chi connectivity index (χ0v) is 52.7. The van der Waals surface area contributed by atoms with Gasteiger partial charge in [0.05, 0.1) is 45.8 Å². The number of aliphatic hydroxyl groups excluding tert-OH is 3. The van der Waals surface area contributed by atoms with Gasteiger partial charge in [0.15, 0.2) is 32.2 Å². The fourth-order valence-corrected chi connectivity index (χ4v) is 18.4. The van der Waals surface area contributed by atoms with Gasteiger partial charge in [-0.05, 0) is 93.0 Å². The summed E-state index contributed by atoms with van der Waals surface area (Å²) in [5.74, 6) is 1.16. The lowest BCUT2D eigenvalue weighted by molar-refractivity contribution is -0.389. The molecule has 3 aromatic heterocycles. The number of pyridine rings is 3. The smallest absolute Gasteiger partial charge is 0.363 e. The van der Waals surface area contributed by atoms with Crippen molar-refractivity contribution >= 4 is 63.2 Å². The normalized spacial score (nSPS) is 11.6. The molecule has 6 N–H and O–H groups in total. The Hall–Kier alpha value is -7.26. The first kappa shape index (κ1) is 70.0. The molecular weight excluding hydrogens is 1110 g/mol. The van der Waals surface area contributed by atoms with Crippen molar-refractivity contribution in [2.24, 2.45) is 0 Å². The molecule has 0 aliphatic rings. The van der Waals surface area contributed by atoms with E-state index in [0.29, 0.717) is 44.6 Å². The lowest BCUT2D eigenvalue weighted by atomic mass is 10.2. The first-order chi connectivity index (χ1) is 39.2. The quantitative estimate of drug-likeness (QED) is 0.0206. The minimum atomic E-state index is -2.60. The first-order valence-electron chi connectivity index (χ1n) is 27.0. The number of hydrogen-bond donors (Lipinski definition) is 5. The number of aliphatic hydroxyl groups is 3. The average Bonchev–Trinajstić information content (AvgIpc) is 3.66. The molecule has 0 amide bonds. The van der Waals surface area contributed by atoms with E-state index < -0.39 is 34.8 Å². The molecule has 0 unspecified atom stereocenters. The topological polar surface area (TPSA) is 278 Å². The number of anilines is 1. The van der Waals surface area contributed by atoms with Crippen molar-refractivity contribution in [2.45, 2.75) is 90.5 Å². The minimum Gasteiger partial charge on any atom is -0.504 e. The van der Waals surface area contributed by atoms with E-state index in [4.69, 9.17) is 43.8 Å². The summed E-state index contributed by atoms with van der Waals surface area (Å²) in [4.78, 5) is 30.6. The van der Waals surface area contributed by atoms with Crippen molar-refractivity contribution in [3.8, 4) is 17.2 Å². The number of aromatic hydroxyl groups is 1. The molecule has 83 heavy (non-hydrogen) atoms. The summed E-state index contributed by atoms with van der Waals surface area (Å²) < 4.78 is 30.4. The molecule has 0 bridgehead atoms. The molecule has 0 fully saturated rings. The average molecular weight is 1190 g/mol. The van der Waals surface area contributed by atoms with E-state index in [1.165, 1.54) is 39.1 Å². The van der Waals surface area contributed by atoms with Crippen LogP contribution >= 0.6 is 0 Å². The Labute approximate surface area is 491 Å². The van der Waals surface area contributed by atoms with Gasteiger partial charge in [0.25, 0.3) is 16.6 Å². The first-order valence-corrected chi connectivity index (χ1v) is 33.8. The number of ether oxygens (including phenoxy) is 2. The van der Waals surface area contributed by atoms with Crippen molar-refractivity contribution in [1.29, 1.82) is 0 Å². The lowest BCUT2D eigenvalue weighted by Gasteiger charge is -2.43. The molecule has 22 heteroatoms. The highest BCUT2D eigenvalue weighted by molar-refractivity contribution is 7.00. The van der Waals surface area contributed by atoms with Gasteiger partial charge >= 0.3 is 11.6 Å². The predicted molar refractivity (Wildman–Crippen MR) is 335 cm³/mol. The van der Waals surface area contributed by atoms with E-state index >= 15 is 0 Å². The SMILES string of the molecule is CC(C)(C)[Si](C)(C)OCCOc1ccc(N)nc1.CC(C)(C)[Si](OCCO)(c1ccccc1)c1ccccc1.CC(C)(C)[Si](OCCOc1ccc([N+](=O)[O-])nc1)(c1ccccc1)c1ccccc1.O=[N+]([O-])c1ccc(O)cn1.OCCO. The molecule has 0 saturated heterocycles. The summed E-state index contributed by atoms with van der Waals surface area (Å²) in [6, 6.07) is 50.5. The summed E-state index contributed by atoms with van der Waals surface area (Å²) in [5.41, 5.74) is 5.50. The van der Waals surface area contributed by atoms with Crippen LogP contribution in [0, 0.1) is 20.2 Å². The van der Waals surface area contributed by atoms with Gasteiger partial charge < -0.3 is 69.1 Å². The van der Waals surface area contributed by atoms with Crippen LogP contribution in [0.3, 0.4) is 0 Å². The number of nitrogen functional groups attached to an aromatic ring is 1. The second-order valence-electron chi connectivity index (χ2n) is 22.2. The Morgan fingerprint density at radius 3 is 1.08 bits per heavy atom. The third kappa shape index (κ3) is 21.5. The van der Waals surface area contributed by atoms with Crippen LogP contribution in [-0.2, 0) is 13.3 Å². The third-order valence-electron chi connectivity index (χ3n) is 13.2. The number of rotatable bonds is 20. The number of nitro groups is 2. The Morgan fingerprint density at radius 1 is 0.446 bits per heavy atom. The number of aromatic nitrogens is 3. The van der Waals surface area contributed by atoms with E-state index in [2.05, 4.69) is 163 Å². The number of benzene rings is 4. The van der Waals surface area contributed by atoms with Gasteiger partial charge in [-0.1, -0.05) is 184 Å². The van der Waals surface area contributed by atoms with Crippen molar-refractivity contribution < 1.29 is 53.0 Å². The van der Waals surface area contributed by atoms with E-state index in [1.54, 1.807) is 18.3 Å². The highest BCUT2D eigenvalue weighted by Crippen LogP contribution is 2.39. The zero-order chi connectivity index (χ0) is 61.7. The number of nitrogens with two attached hydrogens (primary N) is 1. The molecule has 3 heterocycles. The van der Waals surface area contributed by atoms with Crippen LogP contribution in [0.2, 0.25) is 28.2 Å². The highest BCUT2D eigenvalue weighted by Gasteiger charge is 2.51. The Bertz CT molecular complexity index is 2840. The highest BCUT2D eigenvalue weighted by atomic mass is 28.4. The van der Waals surface area contributed by atoms with Gasteiger partial charge in [0.2, 0.25) is 0 Å². The molecule has 19 nitrogen and oxygen atoms in total. The Balaban J connectivity index is 0.000000300. The second-order valence-corrected chi connectivity index (χ2v) is 35.6. The van der Waals surface area contributed by atoms with Crippen molar-refractivity contribution in [1.82, 2.24) is 15.0 Å². The van der Waals surface area contributed by atoms with Crippen molar-refractivity contribution in [2.75, 3.05) is 58.6 Å². The van der Waals surface area contributed by atoms with Crippen molar-refractivity contribution in [3.05, 3.63) is 197 Å². The molecule has 448 valence electrons. The van der Waals surface area contributed by atoms with Crippen LogP contribution in [0.1, 0.15) is 62.3 Å². The van der Waals surface area contributed by atoms with Gasteiger partial charge in [0, 0.05) is 12.1 Å². The summed E-state index contributed by atoms with van der Waals surface area (Å²) in [7, 11) is -6.69. The fourth-order valence-electron chi connectivity index (χ4n) is 8.28. The molecule has 0 radical (unpaired) electrons. The molecule has 0 saturated carbocycles. The number of nitrogens with zero attached hydrogens (tertiary/aromatic N) is 5. The Kier molecular flexibility index (Phi) is 28.5. The van der Waals surface area contributed by atoms with Gasteiger partial charge in [-0.25, -0.2) is 4.98 Å². The summed E-state index contributed by atoms with van der Waals surface area (Å²) in [5, 5.41) is 58.9. The third-order valence-corrected chi connectivity index (χ3v) is 27.8. The maximum absolute atomic E-state index is 10.7. The van der Waals surface area contributed by atoms with Gasteiger partial charge in [-0.2, -0.15) is 0 Å². The largest absolute Gasteiger partial charge is 0.504 e. The zero-order valence-electron chi connectivity index (χ0n) is 49.7. The lowest BCUT2D eigenvalue weighted by Crippen LogP contribution is -2.66. The standard InChI is InChI=1S/C23H26N2O4Si.C18H24O2Si.C13H24N2O2Si.C5H4N2O3.C2H6O2/c1-23(2,3)30(20-10-6-4-7-11-20,21-12-8-5-9-13-21)29-17-16-28-19-14-15-22(24-18-19)25(26)27;1-18(2,3)21(20-15-14-19,16-10-6-4-7-11-16)17-12-8-5-9-13-17;1-13(2,3)18(4,5)17-9-8-16-11-6-7-12(14)15-10-11;8-4-1-2-5(6-3-4)7(9)10;3-1-2-4/h4-15,18H,16-17H2,1-3H3;4-13,19H,14-15H2,1-3H3;6-7,10H,8-9H2,1-5H3,(H2,14,15);1-3,8H;3-4H,1-2H2.